The van der Waals surface area contributed by atoms with Gasteiger partial charge in [0.05, 0.1) is 12.7 Å². The van der Waals surface area contributed by atoms with Crippen LogP contribution in [0.15, 0.2) is 18.2 Å². The van der Waals surface area contributed by atoms with Crippen LogP contribution in [0.1, 0.15) is 17.2 Å². The van der Waals surface area contributed by atoms with E-state index in [0.29, 0.717) is 12.1 Å². The van der Waals surface area contributed by atoms with Crippen molar-refractivity contribution >= 4 is 0 Å². The van der Waals surface area contributed by atoms with Gasteiger partial charge in [-0.25, -0.2) is 0 Å². The fourth-order valence-corrected chi connectivity index (χ4v) is 1.55. The Morgan fingerprint density at radius 3 is 1.90 bits per heavy atom. The highest BCUT2D eigenvalue weighted by Gasteiger charge is 2.62. The molecule has 0 aliphatic rings. The Hall–Kier alpha value is -1.58. The lowest BCUT2D eigenvalue weighted by Gasteiger charge is -2.28. The van der Waals surface area contributed by atoms with E-state index in [-0.39, 0.29) is 5.75 Å². The van der Waals surface area contributed by atoms with Gasteiger partial charge in [-0.1, -0.05) is 6.07 Å². The molecule has 0 saturated heterocycles. The summed E-state index contributed by atoms with van der Waals surface area (Å²) in [5.41, 5.74) is 1.66. The highest BCUT2D eigenvalue weighted by molar-refractivity contribution is 5.40. The largest absolute Gasteiger partial charge is 0.497 e. The summed E-state index contributed by atoms with van der Waals surface area (Å²) >= 11 is 0. The maximum atomic E-state index is 13.1. The van der Waals surface area contributed by atoms with Gasteiger partial charge in [0.25, 0.3) is 0 Å². The van der Waals surface area contributed by atoms with E-state index < -0.39 is 35.4 Å². The van der Waals surface area contributed by atoms with Crippen LogP contribution in [0.4, 0.5) is 35.1 Å². The molecule has 0 spiro atoms. The van der Waals surface area contributed by atoms with Crippen molar-refractivity contribution in [2.75, 3.05) is 7.11 Å². The molecule has 0 unspecified atom stereocenters. The van der Waals surface area contributed by atoms with Gasteiger partial charge in [-0.05, 0) is 17.7 Å². The number of halogens is 8. The molecule has 10 heteroatoms. The number of hydrogen-bond donors (Lipinski definition) is 1. The lowest BCUT2D eigenvalue weighted by Crippen LogP contribution is -2.46. The summed E-state index contributed by atoms with van der Waals surface area (Å²) in [6.45, 7) is 0. The molecule has 1 rings (SSSR count). The van der Waals surface area contributed by atoms with Crippen molar-refractivity contribution in [1.82, 2.24) is 0 Å². The first-order valence-corrected chi connectivity index (χ1v) is 5.27. The Morgan fingerprint density at radius 2 is 1.52 bits per heavy atom. The minimum atomic E-state index is -6.07. The van der Waals surface area contributed by atoms with Gasteiger partial charge in [-0.15, -0.1) is 0 Å². The van der Waals surface area contributed by atoms with Gasteiger partial charge in [0.15, 0.2) is 0 Å². The molecule has 1 aromatic carbocycles. The summed E-state index contributed by atoms with van der Waals surface area (Å²) < 4.78 is 106. The van der Waals surface area contributed by atoms with Crippen LogP contribution in [0, 0.1) is 0 Å². The molecule has 120 valence electrons. The van der Waals surface area contributed by atoms with E-state index in [4.69, 9.17) is 5.73 Å². The molecule has 21 heavy (non-hydrogen) atoms. The second-order valence-corrected chi connectivity index (χ2v) is 4.05. The average Bonchev–Trinajstić information content (AvgIpc) is 2.34. The number of alkyl halides is 8. The Balaban J connectivity index is 3.43. The quantitative estimate of drug-likeness (QED) is 0.856. The molecule has 2 N–H and O–H groups in total. The molecular formula is C11H9F8NO. The zero-order chi connectivity index (χ0) is 16.6. The van der Waals surface area contributed by atoms with Crippen molar-refractivity contribution in [1.29, 1.82) is 0 Å². The predicted octanol–water partition coefficient (Wildman–Crippen LogP) is 3.91. The number of rotatable bonds is 3. The molecule has 0 heterocycles. The van der Waals surface area contributed by atoms with Crippen molar-refractivity contribution in [3.05, 3.63) is 29.3 Å². The Bertz CT molecular complexity index is 508. The van der Waals surface area contributed by atoms with Crippen LogP contribution in [0.5, 0.6) is 5.75 Å². The highest BCUT2D eigenvalue weighted by Crippen LogP contribution is 2.46. The second-order valence-electron chi connectivity index (χ2n) is 4.05. The first kappa shape index (κ1) is 17.5. The standard InChI is InChI=1S/C11H9F8NO/c1-21-5-2-3-6(7(4-5)10(14,15)16)8(20)9(12,13)11(17,18)19/h2-4,8H,20H2,1H3/t8-/m1/s1. The minimum Gasteiger partial charge on any atom is -0.497 e. The third-order valence-corrected chi connectivity index (χ3v) is 2.67. The van der Waals surface area contributed by atoms with E-state index >= 15 is 0 Å². The van der Waals surface area contributed by atoms with Gasteiger partial charge < -0.3 is 10.5 Å². The lowest BCUT2D eigenvalue weighted by atomic mass is 9.95. The molecule has 0 amide bonds. The summed E-state index contributed by atoms with van der Waals surface area (Å²) in [5, 5.41) is 0. The number of hydrogen-bond acceptors (Lipinski definition) is 2. The van der Waals surface area contributed by atoms with E-state index in [2.05, 4.69) is 4.74 Å². The number of benzene rings is 1. The Labute approximate surface area is 113 Å². The van der Waals surface area contributed by atoms with Crippen LogP contribution < -0.4 is 10.5 Å². The van der Waals surface area contributed by atoms with Crippen LogP contribution >= 0.6 is 0 Å². The second kappa shape index (κ2) is 5.32. The fraction of sp³-hybridized carbons (Fsp3) is 0.455. The smallest absolute Gasteiger partial charge is 0.455 e. The first-order valence-electron chi connectivity index (χ1n) is 5.27. The number of nitrogens with two attached hydrogens (primary N) is 1. The van der Waals surface area contributed by atoms with Crippen molar-refractivity contribution in [2.24, 2.45) is 5.73 Å². The maximum Gasteiger partial charge on any atom is 0.455 e. The van der Waals surface area contributed by atoms with Crippen LogP contribution in [0.25, 0.3) is 0 Å². The summed E-state index contributed by atoms with van der Waals surface area (Å²) in [5.74, 6) is -5.87. The number of methoxy groups -OCH3 is 1. The number of ether oxygens (including phenoxy) is 1. The molecule has 0 aliphatic carbocycles. The van der Waals surface area contributed by atoms with Gasteiger partial charge in [-0.3, -0.25) is 0 Å². The van der Waals surface area contributed by atoms with Gasteiger partial charge in [0, 0.05) is 0 Å². The minimum absolute atomic E-state index is 0.307. The van der Waals surface area contributed by atoms with Crippen molar-refractivity contribution in [2.45, 2.75) is 24.3 Å². The molecule has 0 bridgehead atoms. The zero-order valence-electron chi connectivity index (χ0n) is 10.3. The summed E-state index contributed by atoms with van der Waals surface area (Å²) in [6.07, 6.45) is -11.2. The molecule has 2 nitrogen and oxygen atoms in total. The molecule has 0 fully saturated rings. The van der Waals surface area contributed by atoms with Gasteiger partial charge in [0.1, 0.15) is 11.8 Å². The zero-order valence-corrected chi connectivity index (χ0v) is 10.3. The van der Waals surface area contributed by atoms with E-state index in [1.54, 1.807) is 0 Å². The molecule has 0 saturated carbocycles. The predicted molar refractivity (Wildman–Crippen MR) is 55.9 cm³/mol. The van der Waals surface area contributed by atoms with Crippen molar-refractivity contribution in [3.8, 4) is 5.75 Å². The van der Waals surface area contributed by atoms with Crippen LogP contribution in [-0.2, 0) is 6.18 Å². The summed E-state index contributed by atoms with van der Waals surface area (Å²) in [7, 11) is 1.01. The van der Waals surface area contributed by atoms with Crippen molar-refractivity contribution < 1.29 is 39.9 Å². The molecule has 0 radical (unpaired) electrons. The van der Waals surface area contributed by atoms with E-state index in [9.17, 15) is 35.1 Å². The molecule has 0 aromatic heterocycles. The van der Waals surface area contributed by atoms with Crippen LogP contribution in [0.2, 0.25) is 0 Å². The summed E-state index contributed by atoms with van der Waals surface area (Å²) in [4.78, 5) is 0. The topological polar surface area (TPSA) is 35.2 Å². The SMILES string of the molecule is COc1ccc([C@@H](N)C(F)(F)C(F)(F)F)c(C(F)(F)F)c1. The fourth-order valence-electron chi connectivity index (χ4n) is 1.55. The van der Waals surface area contributed by atoms with Crippen LogP contribution in [-0.4, -0.2) is 19.2 Å². The normalized spacial score (nSPS) is 15.0. The highest BCUT2D eigenvalue weighted by atomic mass is 19.4. The van der Waals surface area contributed by atoms with Crippen molar-refractivity contribution in [3.63, 3.8) is 0 Å². The lowest BCUT2D eigenvalue weighted by molar-refractivity contribution is -0.291. The van der Waals surface area contributed by atoms with Gasteiger partial charge in [0.2, 0.25) is 0 Å². The molecular weight excluding hydrogens is 314 g/mol. The molecule has 1 atom stereocenters. The summed E-state index contributed by atoms with van der Waals surface area (Å²) in [6, 6.07) is -1.63. The third-order valence-electron chi connectivity index (χ3n) is 2.67. The first-order chi connectivity index (χ1) is 9.32. The van der Waals surface area contributed by atoms with Crippen LogP contribution in [0.3, 0.4) is 0 Å². The van der Waals surface area contributed by atoms with E-state index in [1.165, 1.54) is 0 Å². The Morgan fingerprint density at radius 1 is 1.00 bits per heavy atom. The Kier molecular flexibility index (Phi) is 4.42. The maximum absolute atomic E-state index is 13.1. The third kappa shape index (κ3) is 3.36. The van der Waals surface area contributed by atoms with Gasteiger partial charge in [-0.2, -0.15) is 35.1 Å². The monoisotopic (exact) mass is 323 g/mol. The van der Waals surface area contributed by atoms with Gasteiger partial charge >= 0.3 is 18.3 Å². The molecule has 1 aromatic rings. The van der Waals surface area contributed by atoms with E-state index in [1.807, 2.05) is 0 Å². The molecule has 0 aliphatic heterocycles. The average molecular weight is 323 g/mol. The van der Waals surface area contributed by atoms with E-state index in [0.717, 1.165) is 13.2 Å².